The predicted molar refractivity (Wildman–Crippen MR) is 108 cm³/mol. The Labute approximate surface area is 170 Å². The number of halogens is 1. The number of ether oxygens (including phenoxy) is 1. The number of rotatable bonds is 7. The Bertz CT molecular complexity index is 607. The minimum absolute atomic E-state index is 0.0909. The standard InChI is InChI=1S/C16H20ClNO3S.C3H7NO/c17-13-6-2-3-7-14(13)22-11-8-16(20)21-12-15(19)18-9-4-1-5-10-18;1-4(2)3-5/h2-3,6-7H,1,4-5,8-12H2;3H,1-2H3. The number of esters is 1. The van der Waals surface area contributed by atoms with E-state index in [0.717, 1.165) is 37.2 Å². The van der Waals surface area contributed by atoms with Gasteiger partial charge in [0, 0.05) is 37.8 Å². The maximum atomic E-state index is 11.9. The molecule has 6 nitrogen and oxygen atoms in total. The van der Waals surface area contributed by atoms with Crippen molar-refractivity contribution < 1.29 is 19.1 Å². The van der Waals surface area contributed by atoms with Gasteiger partial charge < -0.3 is 14.5 Å². The molecule has 0 radical (unpaired) electrons. The summed E-state index contributed by atoms with van der Waals surface area (Å²) in [5.41, 5.74) is 0. The van der Waals surface area contributed by atoms with E-state index in [0.29, 0.717) is 10.8 Å². The highest BCUT2D eigenvalue weighted by molar-refractivity contribution is 7.99. The van der Waals surface area contributed by atoms with E-state index in [4.69, 9.17) is 16.3 Å². The first-order chi connectivity index (χ1) is 12.9. The number of nitrogens with zero attached hydrogens (tertiary/aromatic N) is 2. The fraction of sp³-hybridized carbons (Fsp3) is 0.526. The highest BCUT2D eigenvalue weighted by Gasteiger charge is 2.17. The van der Waals surface area contributed by atoms with Crippen molar-refractivity contribution in [1.82, 2.24) is 9.80 Å². The molecule has 8 heteroatoms. The minimum Gasteiger partial charge on any atom is -0.456 e. The highest BCUT2D eigenvalue weighted by Crippen LogP contribution is 2.26. The summed E-state index contributed by atoms with van der Waals surface area (Å²) in [5.74, 6) is 0.150. The first-order valence-electron chi connectivity index (χ1n) is 8.86. The number of amides is 2. The van der Waals surface area contributed by atoms with E-state index >= 15 is 0 Å². The van der Waals surface area contributed by atoms with E-state index in [1.807, 2.05) is 24.3 Å². The topological polar surface area (TPSA) is 66.9 Å². The molecule has 1 aromatic carbocycles. The normalized spacial score (nSPS) is 13.2. The molecule has 0 atom stereocenters. The third-order valence-corrected chi connectivity index (χ3v) is 5.19. The second-order valence-corrected chi connectivity index (χ2v) is 7.74. The lowest BCUT2D eigenvalue weighted by Gasteiger charge is -2.26. The first kappa shape index (κ1) is 23.3. The monoisotopic (exact) mass is 414 g/mol. The van der Waals surface area contributed by atoms with Crippen molar-refractivity contribution in [2.75, 3.05) is 39.5 Å². The van der Waals surface area contributed by atoms with Crippen molar-refractivity contribution in [1.29, 1.82) is 0 Å². The number of carbonyl (C=O) groups excluding carboxylic acids is 3. The number of likely N-dealkylation sites (tertiary alicyclic amines) is 1. The van der Waals surface area contributed by atoms with E-state index in [9.17, 15) is 14.4 Å². The van der Waals surface area contributed by atoms with E-state index in [2.05, 4.69) is 0 Å². The fourth-order valence-electron chi connectivity index (χ4n) is 2.26. The largest absolute Gasteiger partial charge is 0.456 e. The maximum Gasteiger partial charge on any atom is 0.307 e. The van der Waals surface area contributed by atoms with Gasteiger partial charge in [0.05, 0.1) is 11.4 Å². The molecule has 1 aliphatic heterocycles. The third kappa shape index (κ3) is 10.2. The van der Waals surface area contributed by atoms with Crippen molar-refractivity contribution in [2.45, 2.75) is 30.6 Å². The second-order valence-electron chi connectivity index (χ2n) is 6.20. The maximum absolute atomic E-state index is 11.9. The molecule has 2 amide bonds. The molecular weight excluding hydrogens is 388 g/mol. The summed E-state index contributed by atoms with van der Waals surface area (Å²) in [5, 5.41) is 0.682. The lowest BCUT2D eigenvalue weighted by atomic mass is 10.1. The predicted octanol–water partition coefficient (Wildman–Crippen LogP) is 3.08. The Morgan fingerprint density at radius 1 is 1.22 bits per heavy atom. The molecule has 2 rings (SSSR count). The van der Waals surface area contributed by atoms with Gasteiger partial charge in [-0.1, -0.05) is 23.7 Å². The Hall–Kier alpha value is -1.73. The van der Waals surface area contributed by atoms with Gasteiger partial charge in [-0.3, -0.25) is 14.4 Å². The average molecular weight is 415 g/mol. The van der Waals surface area contributed by atoms with E-state index < -0.39 is 0 Å². The zero-order chi connectivity index (χ0) is 20.1. The number of hydrogen-bond acceptors (Lipinski definition) is 5. The Kier molecular flexibility index (Phi) is 11.6. The molecule has 1 saturated heterocycles. The van der Waals surface area contributed by atoms with Crippen LogP contribution in [-0.2, 0) is 19.1 Å². The highest BCUT2D eigenvalue weighted by atomic mass is 35.5. The number of hydrogen-bond donors (Lipinski definition) is 0. The summed E-state index contributed by atoms with van der Waals surface area (Å²) in [6.45, 7) is 1.41. The summed E-state index contributed by atoms with van der Waals surface area (Å²) in [6, 6.07) is 7.51. The summed E-state index contributed by atoms with van der Waals surface area (Å²) in [4.78, 5) is 37.1. The van der Waals surface area contributed by atoms with Crippen LogP contribution in [0.15, 0.2) is 29.2 Å². The van der Waals surface area contributed by atoms with Crippen LogP contribution in [0.5, 0.6) is 0 Å². The smallest absolute Gasteiger partial charge is 0.307 e. The minimum atomic E-state index is -0.343. The Morgan fingerprint density at radius 3 is 2.44 bits per heavy atom. The quantitative estimate of drug-likeness (QED) is 0.389. The van der Waals surface area contributed by atoms with Gasteiger partial charge in [-0.25, -0.2) is 0 Å². The van der Waals surface area contributed by atoms with Gasteiger partial charge >= 0.3 is 5.97 Å². The zero-order valence-electron chi connectivity index (χ0n) is 15.9. The molecule has 0 N–H and O–H groups in total. The van der Waals surface area contributed by atoms with Gasteiger partial charge in [-0.2, -0.15) is 0 Å². The van der Waals surface area contributed by atoms with E-state index in [1.54, 1.807) is 19.0 Å². The van der Waals surface area contributed by atoms with Crippen molar-refractivity contribution in [3.05, 3.63) is 29.3 Å². The summed E-state index contributed by atoms with van der Waals surface area (Å²) >= 11 is 7.55. The summed E-state index contributed by atoms with van der Waals surface area (Å²) in [6.07, 6.45) is 4.26. The van der Waals surface area contributed by atoms with Crippen molar-refractivity contribution in [3.8, 4) is 0 Å². The van der Waals surface area contributed by atoms with Crippen LogP contribution in [0.3, 0.4) is 0 Å². The van der Waals surface area contributed by atoms with Gasteiger partial charge in [0.15, 0.2) is 6.61 Å². The second kappa shape index (κ2) is 13.4. The number of thioether (sulfide) groups is 1. The van der Waals surface area contributed by atoms with Crippen LogP contribution in [0.25, 0.3) is 0 Å². The van der Waals surface area contributed by atoms with Crippen LogP contribution in [-0.4, -0.2) is 67.6 Å². The average Bonchev–Trinajstić information content (AvgIpc) is 2.68. The summed E-state index contributed by atoms with van der Waals surface area (Å²) < 4.78 is 5.05. The van der Waals surface area contributed by atoms with Gasteiger partial charge in [0.2, 0.25) is 6.41 Å². The zero-order valence-corrected chi connectivity index (χ0v) is 17.4. The fourth-order valence-corrected chi connectivity index (χ4v) is 3.42. The lowest BCUT2D eigenvalue weighted by Crippen LogP contribution is -2.38. The molecule has 1 fully saturated rings. The molecule has 0 bridgehead atoms. The third-order valence-electron chi connectivity index (χ3n) is 3.68. The van der Waals surface area contributed by atoms with Crippen LogP contribution in [0, 0.1) is 0 Å². The van der Waals surface area contributed by atoms with E-state index in [1.165, 1.54) is 23.1 Å². The van der Waals surface area contributed by atoms with Crippen molar-refractivity contribution >= 4 is 41.6 Å². The van der Waals surface area contributed by atoms with Gasteiger partial charge in [-0.15, -0.1) is 11.8 Å². The Balaban J connectivity index is 0.000000646. The number of piperidine rings is 1. The van der Waals surface area contributed by atoms with Crippen LogP contribution in [0.2, 0.25) is 5.02 Å². The van der Waals surface area contributed by atoms with Crippen LogP contribution in [0.1, 0.15) is 25.7 Å². The van der Waals surface area contributed by atoms with Crippen molar-refractivity contribution in [3.63, 3.8) is 0 Å². The SMILES string of the molecule is CN(C)C=O.O=C(CCSc1ccccc1Cl)OCC(=O)N1CCCCC1. The molecule has 27 heavy (non-hydrogen) atoms. The molecule has 1 heterocycles. The molecule has 0 aliphatic carbocycles. The van der Waals surface area contributed by atoms with Crippen LogP contribution >= 0.6 is 23.4 Å². The van der Waals surface area contributed by atoms with Gasteiger partial charge in [0.25, 0.3) is 5.91 Å². The molecule has 1 aromatic rings. The molecule has 0 spiro atoms. The number of carbonyl (C=O) groups is 3. The molecular formula is C19H27ClN2O4S. The molecule has 0 aromatic heterocycles. The van der Waals surface area contributed by atoms with Crippen LogP contribution < -0.4 is 0 Å². The van der Waals surface area contributed by atoms with E-state index in [-0.39, 0.29) is 24.9 Å². The van der Waals surface area contributed by atoms with Gasteiger partial charge in [0.1, 0.15) is 0 Å². The van der Waals surface area contributed by atoms with Crippen molar-refractivity contribution in [2.24, 2.45) is 0 Å². The van der Waals surface area contributed by atoms with Gasteiger partial charge in [-0.05, 0) is 31.4 Å². The number of benzene rings is 1. The lowest BCUT2D eigenvalue weighted by molar-refractivity contribution is -0.152. The first-order valence-corrected chi connectivity index (χ1v) is 10.2. The molecule has 150 valence electrons. The molecule has 0 unspecified atom stereocenters. The summed E-state index contributed by atoms with van der Waals surface area (Å²) in [7, 11) is 3.38. The molecule has 1 aliphatic rings. The van der Waals surface area contributed by atoms with Crippen LogP contribution in [0.4, 0.5) is 0 Å². The Morgan fingerprint density at radius 2 is 1.85 bits per heavy atom. The molecule has 0 saturated carbocycles.